The number of allylic oxidation sites excluding steroid dienone is 1. The molecule has 3 aromatic rings. The summed E-state index contributed by atoms with van der Waals surface area (Å²) in [5.74, 6) is 1.52. The second-order valence-electron chi connectivity index (χ2n) is 10.6. The second kappa shape index (κ2) is 9.77. The van der Waals surface area contributed by atoms with E-state index in [-0.39, 0.29) is 11.2 Å². The van der Waals surface area contributed by atoms with Crippen molar-refractivity contribution >= 4 is 29.0 Å². The number of nitrogens with two attached hydrogens (primary N) is 1. The highest BCUT2D eigenvalue weighted by Crippen LogP contribution is 2.35. The number of H-pyrrole nitrogens is 1. The molecule has 0 spiro atoms. The van der Waals surface area contributed by atoms with E-state index in [2.05, 4.69) is 63.5 Å². The fraction of sp³-hybridized carbons (Fsp3) is 0.583. The van der Waals surface area contributed by atoms with Gasteiger partial charge in [-0.2, -0.15) is 0 Å². The highest BCUT2D eigenvalue weighted by atomic mass is 16.6. The minimum Gasteiger partial charge on any atom is -0.387 e. The van der Waals surface area contributed by atoms with E-state index >= 15 is 0 Å². The number of aliphatic hydroxyl groups is 2. The van der Waals surface area contributed by atoms with Crippen LogP contribution < -0.4 is 16.4 Å². The van der Waals surface area contributed by atoms with E-state index in [0.29, 0.717) is 30.2 Å². The quantitative estimate of drug-likeness (QED) is 0.247. The van der Waals surface area contributed by atoms with E-state index in [1.807, 2.05) is 0 Å². The Balaban J connectivity index is 1.07. The minimum absolute atomic E-state index is 0.216. The zero-order valence-electron chi connectivity index (χ0n) is 20.8. The maximum atomic E-state index is 10.6. The average Bonchev–Trinajstić information content (AvgIpc) is 3.52. The van der Waals surface area contributed by atoms with Crippen LogP contribution in [0, 0.1) is 11.3 Å². The fourth-order valence-corrected chi connectivity index (χ4v) is 4.73. The maximum Gasteiger partial charge on any atom is 0.200 e. The first-order valence-electron chi connectivity index (χ1n) is 12.4. The van der Waals surface area contributed by atoms with E-state index in [0.717, 1.165) is 36.7 Å². The Kier molecular flexibility index (Phi) is 6.68. The van der Waals surface area contributed by atoms with Crippen LogP contribution in [-0.2, 0) is 11.2 Å². The number of fused-ring (bicyclic) bond motifs is 2. The lowest BCUT2D eigenvalue weighted by Crippen LogP contribution is -2.38. The monoisotopic (exact) mass is 497 g/mol. The molecule has 2 unspecified atom stereocenters. The zero-order chi connectivity index (χ0) is 25.4. The third-order valence-electron chi connectivity index (χ3n) is 7.00. The van der Waals surface area contributed by atoms with Gasteiger partial charge in [0.1, 0.15) is 30.2 Å². The molecular weight excluding hydrogens is 462 g/mol. The molecule has 7 N–H and O–H groups in total. The van der Waals surface area contributed by atoms with Gasteiger partial charge < -0.3 is 36.3 Å². The summed E-state index contributed by atoms with van der Waals surface area (Å²) in [6.45, 7) is 8.62. The number of aliphatic hydroxyl groups excluding tert-OH is 2. The molecular formula is C24H35N9O3. The number of rotatable bonds is 8. The van der Waals surface area contributed by atoms with Crippen LogP contribution in [-0.4, -0.2) is 77.6 Å². The Labute approximate surface area is 209 Å². The lowest BCUT2D eigenvalue weighted by molar-refractivity contribution is -0.0341. The summed E-state index contributed by atoms with van der Waals surface area (Å²) in [5, 5.41) is 27.7. The summed E-state index contributed by atoms with van der Waals surface area (Å²) in [4.78, 5) is 20.4. The summed E-state index contributed by atoms with van der Waals surface area (Å²) in [5.41, 5.74) is 9.13. The topological polar surface area (TPSA) is 172 Å². The molecule has 12 heteroatoms. The van der Waals surface area contributed by atoms with Crippen LogP contribution in [0.25, 0.3) is 17.2 Å². The van der Waals surface area contributed by atoms with Crippen molar-refractivity contribution in [3.8, 4) is 0 Å². The van der Waals surface area contributed by atoms with Crippen molar-refractivity contribution in [1.29, 1.82) is 0 Å². The van der Waals surface area contributed by atoms with Gasteiger partial charge >= 0.3 is 0 Å². The zero-order valence-corrected chi connectivity index (χ0v) is 20.8. The molecule has 1 saturated heterocycles. The molecule has 36 heavy (non-hydrogen) atoms. The molecule has 0 amide bonds. The molecule has 1 aliphatic carbocycles. The fourth-order valence-electron chi connectivity index (χ4n) is 4.73. The Hall–Kier alpha value is -3.06. The predicted molar refractivity (Wildman–Crippen MR) is 136 cm³/mol. The van der Waals surface area contributed by atoms with E-state index in [1.54, 1.807) is 4.57 Å². The molecule has 5 atom stereocenters. The van der Waals surface area contributed by atoms with Crippen molar-refractivity contribution in [2.75, 3.05) is 30.7 Å². The van der Waals surface area contributed by atoms with Crippen LogP contribution in [0.4, 0.5) is 11.8 Å². The summed E-state index contributed by atoms with van der Waals surface area (Å²) in [6, 6.07) is 0. The molecule has 4 heterocycles. The molecule has 3 aromatic heterocycles. The molecule has 12 nitrogen and oxygen atoms in total. The van der Waals surface area contributed by atoms with Crippen LogP contribution in [0.1, 0.15) is 44.8 Å². The van der Waals surface area contributed by atoms with Crippen molar-refractivity contribution < 1.29 is 14.9 Å². The second-order valence-corrected chi connectivity index (χ2v) is 10.6. The first-order chi connectivity index (χ1) is 17.2. The SMILES string of the molecule is CC(C)(C)C1C=Cc2[nH]c(NCCCNC[C@H]3OC(n4cnc5c(N)ncnc54)[C@H](O)[C@@H]3O)nc2C1. The van der Waals surface area contributed by atoms with E-state index in [4.69, 9.17) is 15.5 Å². The van der Waals surface area contributed by atoms with Gasteiger partial charge in [-0.25, -0.2) is 19.9 Å². The van der Waals surface area contributed by atoms with Crippen LogP contribution in [0.2, 0.25) is 0 Å². The number of anilines is 2. The number of nitrogens with zero attached hydrogens (tertiary/aromatic N) is 5. The van der Waals surface area contributed by atoms with E-state index in [1.165, 1.54) is 12.7 Å². The molecule has 1 fully saturated rings. The number of hydrogen-bond donors (Lipinski definition) is 6. The van der Waals surface area contributed by atoms with Gasteiger partial charge in [-0.15, -0.1) is 0 Å². The first-order valence-corrected chi connectivity index (χ1v) is 12.4. The normalized spacial score (nSPS) is 26.0. The largest absolute Gasteiger partial charge is 0.387 e. The predicted octanol–water partition coefficient (Wildman–Crippen LogP) is 1.07. The molecule has 5 rings (SSSR count). The van der Waals surface area contributed by atoms with Gasteiger partial charge in [-0.05, 0) is 36.8 Å². The number of aromatic nitrogens is 6. The summed E-state index contributed by atoms with van der Waals surface area (Å²) in [6.07, 6.45) is 5.47. The Bertz CT molecular complexity index is 1230. The van der Waals surface area contributed by atoms with Crippen molar-refractivity contribution in [2.24, 2.45) is 11.3 Å². The Morgan fingerprint density at radius 1 is 1.19 bits per heavy atom. The first kappa shape index (κ1) is 24.6. The molecule has 1 aliphatic heterocycles. The van der Waals surface area contributed by atoms with Crippen molar-refractivity contribution in [3.05, 3.63) is 30.1 Å². The Morgan fingerprint density at radius 2 is 2.03 bits per heavy atom. The van der Waals surface area contributed by atoms with Gasteiger partial charge in [0.05, 0.1) is 17.7 Å². The molecule has 2 aliphatic rings. The highest BCUT2D eigenvalue weighted by molar-refractivity contribution is 5.81. The average molecular weight is 498 g/mol. The maximum absolute atomic E-state index is 10.6. The number of nitrogen functional groups attached to an aromatic ring is 1. The molecule has 0 aromatic carbocycles. The number of ether oxygens (including phenoxy) is 1. The summed E-state index contributed by atoms with van der Waals surface area (Å²) in [7, 11) is 0. The minimum atomic E-state index is -1.12. The van der Waals surface area contributed by atoms with Gasteiger partial charge in [0.25, 0.3) is 0 Å². The van der Waals surface area contributed by atoms with Gasteiger partial charge in [0.2, 0.25) is 5.95 Å². The van der Waals surface area contributed by atoms with E-state index < -0.39 is 24.5 Å². The number of imidazole rings is 2. The molecule has 0 saturated carbocycles. The smallest absolute Gasteiger partial charge is 0.200 e. The van der Waals surface area contributed by atoms with Gasteiger partial charge in [0, 0.05) is 13.1 Å². The number of nitrogens with one attached hydrogen (secondary N) is 3. The molecule has 0 bridgehead atoms. The van der Waals surface area contributed by atoms with Crippen LogP contribution in [0.3, 0.4) is 0 Å². The highest BCUT2D eigenvalue weighted by Gasteiger charge is 2.44. The van der Waals surface area contributed by atoms with E-state index in [9.17, 15) is 10.2 Å². The molecule has 194 valence electrons. The number of hydrogen-bond acceptors (Lipinski definition) is 10. The van der Waals surface area contributed by atoms with Crippen LogP contribution >= 0.6 is 0 Å². The lowest BCUT2D eigenvalue weighted by Gasteiger charge is -2.29. The van der Waals surface area contributed by atoms with Crippen LogP contribution in [0.15, 0.2) is 18.7 Å². The van der Waals surface area contributed by atoms with Crippen molar-refractivity contribution in [2.45, 2.75) is 58.2 Å². The standard InChI is InChI=1S/C24H35N9O3/c1-24(2,3)13-5-6-14-15(9-13)32-23(31-14)27-8-4-7-26-10-16-18(34)19(35)22(36-16)33-12-30-17-20(25)28-11-29-21(17)33/h5-6,11-13,16,18-19,22,26,34-35H,4,7-10H2,1-3H3,(H2,25,28,29)(H2,27,31,32)/t13?,16-,18-,19-,22?/m1/s1. The summed E-state index contributed by atoms with van der Waals surface area (Å²) < 4.78 is 7.53. The molecule has 0 radical (unpaired) electrons. The third kappa shape index (κ3) is 4.81. The van der Waals surface area contributed by atoms with Crippen molar-refractivity contribution in [3.63, 3.8) is 0 Å². The third-order valence-corrected chi connectivity index (χ3v) is 7.00. The summed E-state index contributed by atoms with van der Waals surface area (Å²) >= 11 is 0. The number of aromatic amines is 1. The lowest BCUT2D eigenvalue weighted by atomic mass is 9.76. The van der Waals surface area contributed by atoms with Crippen LogP contribution in [0.5, 0.6) is 0 Å². The van der Waals surface area contributed by atoms with Gasteiger partial charge in [-0.1, -0.05) is 26.8 Å². The van der Waals surface area contributed by atoms with Gasteiger partial charge in [-0.3, -0.25) is 4.57 Å². The van der Waals surface area contributed by atoms with Crippen molar-refractivity contribution in [1.82, 2.24) is 34.8 Å². The van der Waals surface area contributed by atoms with Gasteiger partial charge in [0.15, 0.2) is 17.7 Å². The Morgan fingerprint density at radius 3 is 2.83 bits per heavy atom.